The van der Waals surface area contributed by atoms with E-state index in [1.54, 1.807) is 0 Å². The molecule has 0 aromatic carbocycles. The molecule has 0 aliphatic carbocycles. The fourth-order valence-electron chi connectivity index (χ4n) is 4.03. The van der Waals surface area contributed by atoms with Gasteiger partial charge in [0.2, 0.25) is 5.91 Å². The number of carbonyl (C=O) groups excluding carboxylic acids is 1. The van der Waals surface area contributed by atoms with Crippen molar-refractivity contribution in [2.24, 2.45) is 11.8 Å². The van der Waals surface area contributed by atoms with Gasteiger partial charge in [-0.1, -0.05) is 0 Å². The van der Waals surface area contributed by atoms with E-state index in [4.69, 9.17) is 4.74 Å². The Morgan fingerprint density at radius 3 is 2.64 bits per heavy atom. The summed E-state index contributed by atoms with van der Waals surface area (Å²) in [6.07, 6.45) is 1.37. The van der Waals surface area contributed by atoms with Crippen LogP contribution in [0.25, 0.3) is 0 Å². The summed E-state index contributed by atoms with van der Waals surface area (Å²) in [5.41, 5.74) is 2.86. The van der Waals surface area contributed by atoms with Crippen molar-refractivity contribution in [3.63, 3.8) is 0 Å². The number of rotatable bonds is 5. The molecule has 1 amide bonds. The average molecular weight is 350 g/mol. The van der Waals surface area contributed by atoms with Crippen molar-refractivity contribution < 1.29 is 14.6 Å². The average Bonchev–Trinajstić information content (AvgIpc) is 2.94. The van der Waals surface area contributed by atoms with Gasteiger partial charge in [-0.25, -0.2) is 0 Å². The number of hydrogen-bond acceptors (Lipinski definition) is 5. The summed E-state index contributed by atoms with van der Waals surface area (Å²) < 4.78 is 5.42. The lowest BCUT2D eigenvalue weighted by Crippen LogP contribution is -2.49. The van der Waals surface area contributed by atoms with Gasteiger partial charge in [0.05, 0.1) is 25.3 Å². The Hall–Kier alpha value is -1.44. The predicted molar refractivity (Wildman–Crippen MR) is 94.3 cm³/mol. The minimum absolute atomic E-state index is 0.137. The van der Waals surface area contributed by atoms with Gasteiger partial charge in [-0.3, -0.25) is 14.8 Å². The second-order valence-corrected chi connectivity index (χ2v) is 7.45. The highest BCUT2D eigenvalue weighted by Gasteiger charge is 2.31. The standard InChI is InChI=1S/C18H30N4O3/c1-13-17(14(2)20-19-13)8-18(24)22-10-15(7-16(11-22)12-23)9-21-3-5-25-6-4-21/h15-16,23H,3-12H2,1-2H3,(H,19,20)/t15-,16+/m1/s1. The lowest BCUT2D eigenvalue weighted by atomic mass is 9.88. The molecular weight excluding hydrogens is 320 g/mol. The Labute approximate surface area is 149 Å². The highest BCUT2D eigenvalue weighted by molar-refractivity contribution is 5.79. The number of aromatic amines is 1. The van der Waals surface area contributed by atoms with Gasteiger partial charge in [0.25, 0.3) is 0 Å². The molecule has 1 aromatic heterocycles. The van der Waals surface area contributed by atoms with Crippen LogP contribution in [0.2, 0.25) is 0 Å². The lowest BCUT2D eigenvalue weighted by molar-refractivity contribution is -0.134. The van der Waals surface area contributed by atoms with E-state index in [1.165, 1.54) is 0 Å². The number of H-pyrrole nitrogens is 1. The molecule has 25 heavy (non-hydrogen) atoms. The van der Waals surface area contributed by atoms with E-state index in [1.807, 2.05) is 18.7 Å². The number of aryl methyl sites for hydroxylation is 2. The second-order valence-electron chi connectivity index (χ2n) is 7.45. The highest BCUT2D eigenvalue weighted by atomic mass is 16.5. The summed E-state index contributed by atoms with van der Waals surface area (Å²) in [5, 5.41) is 16.8. The van der Waals surface area contributed by atoms with Crippen molar-refractivity contribution in [2.75, 3.05) is 52.5 Å². The molecule has 2 atom stereocenters. The lowest BCUT2D eigenvalue weighted by Gasteiger charge is -2.40. The topological polar surface area (TPSA) is 81.7 Å². The Morgan fingerprint density at radius 2 is 2.00 bits per heavy atom. The van der Waals surface area contributed by atoms with E-state index < -0.39 is 0 Å². The Morgan fingerprint density at radius 1 is 1.28 bits per heavy atom. The van der Waals surface area contributed by atoms with Crippen LogP contribution in [-0.4, -0.2) is 83.6 Å². The van der Waals surface area contributed by atoms with Gasteiger partial charge in [-0.15, -0.1) is 0 Å². The number of aromatic nitrogens is 2. The summed E-state index contributed by atoms with van der Waals surface area (Å²) >= 11 is 0. The van der Waals surface area contributed by atoms with Gasteiger partial charge in [0.15, 0.2) is 0 Å². The van der Waals surface area contributed by atoms with Crippen LogP contribution < -0.4 is 0 Å². The fourth-order valence-corrected chi connectivity index (χ4v) is 4.03. The third-order valence-electron chi connectivity index (χ3n) is 5.46. The first kappa shape index (κ1) is 18.4. The number of piperidine rings is 1. The third kappa shape index (κ3) is 4.59. The number of ether oxygens (including phenoxy) is 1. The number of morpholine rings is 1. The molecule has 2 aliphatic rings. The minimum atomic E-state index is 0.137. The molecule has 1 aromatic rings. The van der Waals surface area contributed by atoms with Gasteiger partial charge in [-0.2, -0.15) is 5.10 Å². The number of carbonyl (C=O) groups is 1. The monoisotopic (exact) mass is 350 g/mol. The molecule has 0 saturated carbocycles. The van der Waals surface area contributed by atoms with Crippen molar-refractivity contribution >= 4 is 5.91 Å². The number of likely N-dealkylation sites (tertiary alicyclic amines) is 1. The molecule has 2 saturated heterocycles. The molecular formula is C18H30N4O3. The number of nitrogens with zero attached hydrogens (tertiary/aromatic N) is 3. The fraction of sp³-hybridized carbons (Fsp3) is 0.778. The molecule has 0 radical (unpaired) electrons. The molecule has 2 aliphatic heterocycles. The van der Waals surface area contributed by atoms with Crippen molar-refractivity contribution in [3.8, 4) is 0 Å². The van der Waals surface area contributed by atoms with Crippen LogP contribution in [0, 0.1) is 25.7 Å². The van der Waals surface area contributed by atoms with Crippen LogP contribution in [0.5, 0.6) is 0 Å². The van der Waals surface area contributed by atoms with Crippen molar-refractivity contribution in [1.29, 1.82) is 0 Å². The molecule has 3 heterocycles. The zero-order valence-corrected chi connectivity index (χ0v) is 15.3. The van der Waals surface area contributed by atoms with Gasteiger partial charge < -0.3 is 14.7 Å². The smallest absolute Gasteiger partial charge is 0.227 e. The van der Waals surface area contributed by atoms with Crippen LogP contribution in [0.3, 0.4) is 0 Å². The van der Waals surface area contributed by atoms with Crippen molar-refractivity contribution in [1.82, 2.24) is 20.0 Å². The second kappa shape index (κ2) is 8.29. The van der Waals surface area contributed by atoms with E-state index >= 15 is 0 Å². The molecule has 7 nitrogen and oxygen atoms in total. The number of amides is 1. The molecule has 0 unspecified atom stereocenters. The first-order chi connectivity index (χ1) is 12.1. The summed E-state index contributed by atoms with van der Waals surface area (Å²) in [5.74, 6) is 0.729. The molecule has 0 spiro atoms. The Bertz CT molecular complexity index is 563. The van der Waals surface area contributed by atoms with Crippen LogP contribution in [0.4, 0.5) is 0 Å². The van der Waals surface area contributed by atoms with Crippen LogP contribution >= 0.6 is 0 Å². The van der Waals surface area contributed by atoms with E-state index in [2.05, 4.69) is 15.1 Å². The minimum Gasteiger partial charge on any atom is -0.396 e. The number of aliphatic hydroxyl groups is 1. The number of nitrogens with one attached hydrogen (secondary N) is 1. The largest absolute Gasteiger partial charge is 0.396 e. The molecule has 0 bridgehead atoms. The van der Waals surface area contributed by atoms with Gasteiger partial charge in [0.1, 0.15) is 0 Å². The van der Waals surface area contributed by atoms with E-state index in [0.29, 0.717) is 18.9 Å². The normalized spacial score (nSPS) is 25.3. The summed E-state index contributed by atoms with van der Waals surface area (Å²) in [7, 11) is 0. The Balaban J connectivity index is 1.62. The van der Waals surface area contributed by atoms with Crippen LogP contribution in [0.1, 0.15) is 23.4 Å². The maximum atomic E-state index is 12.8. The zero-order valence-electron chi connectivity index (χ0n) is 15.3. The third-order valence-corrected chi connectivity index (χ3v) is 5.46. The predicted octanol–water partition coefficient (Wildman–Crippen LogP) is 0.358. The summed E-state index contributed by atoms with van der Waals surface area (Å²) in [6, 6.07) is 0. The van der Waals surface area contributed by atoms with E-state index in [-0.39, 0.29) is 18.4 Å². The molecule has 7 heteroatoms. The van der Waals surface area contributed by atoms with Crippen LogP contribution in [0.15, 0.2) is 0 Å². The number of aliphatic hydroxyl groups excluding tert-OH is 1. The zero-order chi connectivity index (χ0) is 17.8. The molecule has 140 valence electrons. The Kier molecular flexibility index (Phi) is 6.09. The first-order valence-electron chi connectivity index (χ1n) is 9.26. The first-order valence-corrected chi connectivity index (χ1v) is 9.26. The SMILES string of the molecule is Cc1n[nH]c(C)c1CC(=O)N1C[C@@H](CN2CCOCC2)C[C@H](CO)C1. The van der Waals surface area contributed by atoms with Crippen molar-refractivity contribution in [2.45, 2.75) is 26.7 Å². The number of hydrogen-bond donors (Lipinski definition) is 2. The summed E-state index contributed by atoms with van der Waals surface area (Å²) in [4.78, 5) is 17.2. The van der Waals surface area contributed by atoms with E-state index in [9.17, 15) is 9.90 Å². The highest BCUT2D eigenvalue weighted by Crippen LogP contribution is 2.24. The van der Waals surface area contributed by atoms with Gasteiger partial charge >= 0.3 is 0 Å². The maximum Gasteiger partial charge on any atom is 0.227 e. The summed E-state index contributed by atoms with van der Waals surface area (Å²) in [6.45, 7) is 9.95. The van der Waals surface area contributed by atoms with Gasteiger partial charge in [0, 0.05) is 50.6 Å². The molecule has 2 N–H and O–H groups in total. The van der Waals surface area contributed by atoms with Crippen molar-refractivity contribution in [3.05, 3.63) is 17.0 Å². The quantitative estimate of drug-likeness (QED) is 0.801. The van der Waals surface area contributed by atoms with E-state index in [0.717, 1.165) is 62.8 Å². The maximum absolute atomic E-state index is 12.8. The van der Waals surface area contributed by atoms with Crippen LogP contribution in [-0.2, 0) is 16.0 Å². The molecule has 2 fully saturated rings. The van der Waals surface area contributed by atoms with Gasteiger partial charge in [-0.05, 0) is 32.1 Å². The molecule has 3 rings (SSSR count).